The van der Waals surface area contributed by atoms with Crippen LogP contribution in [0.2, 0.25) is 5.15 Å². The van der Waals surface area contributed by atoms with Crippen LogP contribution in [0.15, 0.2) is 40.8 Å². The zero-order valence-corrected chi connectivity index (χ0v) is 16.4. The van der Waals surface area contributed by atoms with Crippen molar-refractivity contribution in [3.63, 3.8) is 0 Å². The van der Waals surface area contributed by atoms with E-state index < -0.39 is 0 Å². The summed E-state index contributed by atoms with van der Waals surface area (Å²) in [6.45, 7) is 4.83. The van der Waals surface area contributed by atoms with Gasteiger partial charge in [-0.1, -0.05) is 23.7 Å². The minimum Gasteiger partial charge on any atom is -0.357 e. The fraction of sp³-hybridized carbons (Fsp3) is 0.389. The maximum absolute atomic E-state index is 11.8. The first kappa shape index (κ1) is 20.2. The van der Waals surface area contributed by atoms with E-state index in [1.54, 1.807) is 12.3 Å². The van der Waals surface area contributed by atoms with Crippen molar-refractivity contribution in [3.8, 4) is 0 Å². The van der Waals surface area contributed by atoms with Crippen LogP contribution in [-0.2, 0) is 6.42 Å². The highest BCUT2D eigenvalue weighted by Gasteiger charge is 2.04. The van der Waals surface area contributed by atoms with Crippen molar-refractivity contribution in [1.29, 1.82) is 0 Å². The lowest BCUT2D eigenvalue weighted by molar-refractivity contribution is 0.0957. The van der Waals surface area contributed by atoms with Crippen LogP contribution in [0.5, 0.6) is 0 Å². The molecule has 140 valence electrons. The van der Waals surface area contributed by atoms with E-state index in [2.05, 4.69) is 25.9 Å². The minimum atomic E-state index is -0.0226. The summed E-state index contributed by atoms with van der Waals surface area (Å²) in [5.41, 5.74) is 1.12. The number of aliphatic imine (C=N–C) groups is 1. The van der Waals surface area contributed by atoms with E-state index in [4.69, 9.17) is 11.6 Å². The second kappa shape index (κ2) is 11.5. The van der Waals surface area contributed by atoms with Crippen molar-refractivity contribution in [2.24, 2.45) is 4.99 Å². The summed E-state index contributed by atoms with van der Waals surface area (Å²) in [5, 5.41) is 11.8. The molecule has 0 saturated heterocycles. The fourth-order valence-electron chi connectivity index (χ4n) is 2.19. The molecule has 26 heavy (non-hydrogen) atoms. The van der Waals surface area contributed by atoms with Crippen LogP contribution in [0.25, 0.3) is 0 Å². The molecule has 0 aromatic carbocycles. The molecule has 0 spiro atoms. The number of guanidine groups is 1. The normalized spacial score (nSPS) is 11.2. The number of rotatable bonds is 9. The van der Waals surface area contributed by atoms with Gasteiger partial charge in [0.2, 0.25) is 0 Å². The number of hydrogen-bond acceptors (Lipinski definition) is 4. The third kappa shape index (κ3) is 7.41. The first-order valence-corrected chi connectivity index (χ1v) is 9.89. The van der Waals surface area contributed by atoms with Gasteiger partial charge in [0.05, 0.1) is 4.88 Å². The second-order valence-electron chi connectivity index (χ2n) is 5.51. The summed E-state index contributed by atoms with van der Waals surface area (Å²) >= 11 is 7.23. The van der Waals surface area contributed by atoms with Gasteiger partial charge < -0.3 is 16.0 Å². The average molecular weight is 394 g/mol. The standard InChI is InChI=1S/C18H24ClN5OS/c1-2-20-18(23-11-8-14-6-7-16(19)24-13-14)22-10-4-9-21-17(25)15-5-3-12-26-15/h3,5-7,12-13H,2,4,8-11H2,1H3,(H,21,25)(H2,20,22,23). The van der Waals surface area contributed by atoms with Gasteiger partial charge in [-0.05, 0) is 42.8 Å². The number of carbonyl (C=O) groups is 1. The number of thiophene rings is 1. The Morgan fingerprint density at radius 2 is 2.12 bits per heavy atom. The van der Waals surface area contributed by atoms with Gasteiger partial charge in [0, 0.05) is 32.4 Å². The molecule has 0 atom stereocenters. The van der Waals surface area contributed by atoms with Crippen LogP contribution in [0.4, 0.5) is 0 Å². The number of pyridine rings is 1. The minimum absolute atomic E-state index is 0.0226. The van der Waals surface area contributed by atoms with E-state index in [1.165, 1.54) is 11.3 Å². The number of hydrogen-bond donors (Lipinski definition) is 3. The molecule has 3 N–H and O–H groups in total. The molecule has 0 radical (unpaired) electrons. The van der Waals surface area contributed by atoms with Crippen molar-refractivity contribution in [1.82, 2.24) is 20.9 Å². The molecule has 0 bridgehead atoms. The highest BCUT2D eigenvalue weighted by atomic mass is 35.5. The maximum Gasteiger partial charge on any atom is 0.261 e. The van der Waals surface area contributed by atoms with Gasteiger partial charge in [0.15, 0.2) is 5.96 Å². The zero-order valence-electron chi connectivity index (χ0n) is 14.8. The number of nitrogens with one attached hydrogen (secondary N) is 3. The van der Waals surface area contributed by atoms with Gasteiger partial charge >= 0.3 is 0 Å². The number of amides is 1. The number of carbonyl (C=O) groups excluding carboxylic acids is 1. The van der Waals surface area contributed by atoms with Crippen LogP contribution < -0.4 is 16.0 Å². The second-order valence-corrected chi connectivity index (χ2v) is 6.85. The summed E-state index contributed by atoms with van der Waals surface area (Å²) in [5.74, 6) is 0.754. The summed E-state index contributed by atoms with van der Waals surface area (Å²) < 4.78 is 0. The van der Waals surface area contributed by atoms with Gasteiger partial charge in [0.1, 0.15) is 5.15 Å². The molecule has 2 aromatic heterocycles. The molecule has 0 fully saturated rings. The van der Waals surface area contributed by atoms with Gasteiger partial charge in [-0.25, -0.2) is 4.98 Å². The Hall–Kier alpha value is -2.12. The third-order valence-electron chi connectivity index (χ3n) is 3.47. The topological polar surface area (TPSA) is 78.4 Å². The van der Waals surface area contributed by atoms with Crippen LogP contribution in [0, 0.1) is 0 Å². The molecule has 0 aliphatic rings. The Morgan fingerprint density at radius 1 is 1.23 bits per heavy atom. The zero-order chi connectivity index (χ0) is 18.6. The summed E-state index contributed by atoms with van der Waals surface area (Å²) in [6.07, 6.45) is 3.41. The Morgan fingerprint density at radius 3 is 2.81 bits per heavy atom. The molecule has 0 aliphatic carbocycles. The first-order chi connectivity index (χ1) is 12.7. The van der Waals surface area contributed by atoms with E-state index in [9.17, 15) is 4.79 Å². The van der Waals surface area contributed by atoms with Crippen LogP contribution in [0.1, 0.15) is 28.6 Å². The first-order valence-electron chi connectivity index (χ1n) is 8.63. The number of halogens is 1. The van der Waals surface area contributed by atoms with Gasteiger partial charge in [0.25, 0.3) is 5.91 Å². The van der Waals surface area contributed by atoms with Crippen LogP contribution >= 0.6 is 22.9 Å². The molecular weight excluding hydrogens is 370 g/mol. The predicted molar refractivity (Wildman–Crippen MR) is 108 cm³/mol. The highest BCUT2D eigenvalue weighted by molar-refractivity contribution is 7.12. The molecule has 8 heteroatoms. The third-order valence-corrected chi connectivity index (χ3v) is 4.57. The molecular formula is C18H24ClN5OS. The van der Waals surface area contributed by atoms with Gasteiger partial charge in [-0.2, -0.15) is 0 Å². The van der Waals surface area contributed by atoms with E-state index >= 15 is 0 Å². The Labute approximate surface area is 163 Å². The Balaban J connectivity index is 1.66. The lowest BCUT2D eigenvalue weighted by Gasteiger charge is -2.11. The largest absolute Gasteiger partial charge is 0.357 e. The predicted octanol–water partition coefficient (Wildman–Crippen LogP) is 2.71. The van der Waals surface area contributed by atoms with Crippen LogP contribution in [0.3, 0.4) is 0 Å². The Bertz CT molecular complexity index is 688. The quantitative estimate of drug-likeness (QED) is 0.265. The van der Waals surface area contributed by atoms with Crippen molar-refractivity contribution < 1.29 is 4.79 Å². The van der Waals surface area contributed by atoms with E-state index in [1.807, 2.05) is 30.5 Å². The van der Waals surface area contributed by atoms with E-state index in [0.717, 1.165) is 42.3 Å². The SMILES string of the molecule is CCNC(=NCCCNC(=O)c1cccs1)NCCc1ccc(Cl)nc1. The number of nitrogens with zero attached hydrogens (tertiary/aromatic N) is 2. The molecule has 6 nitrogen and oxygen atoms in total. The lowest BCUT2D eigenvalue weighted by Crippen LogP contribution is -2.38. The fourth-order valence-corrected chi connectivity index (χ4v) is 2.94. The van der Waals surface area contributed by atoms with Crippen molar-refractivity contribution >= 4 is 34.8 Å². The van der Waals surface area contributed by atoms with E-state index in [0.29, 0.717) is 18.2 Å². The van der Waals surface area contributed by atoms with Crippen LogP contribution in [-0.4, -0.2) is 43.0 Å². The summed E-state index contributed by atoms with van der Waals surface area (Å²) in [6, 6.07) is 7.46. The molecule has 0 aliphatic heterocycles. The highest BCUT2D eigenvalue weighted by Crippen LogP contribution is 2.07. The molecule has 2 aromatic rings. The molecule has 2 heterocycles. The van der Waals surface area contributed by atoms with Gasteiger partial charge in [-0.15, -0.1) is 11.3 Å². The lowest BCUT2D eigenvalue weighted by atomic mass is 10.2. The van der Waals surface area contributed by atoms with Gasteiger partial charge in [-0.3, -0.25) is 9.79 Å². The van der Waals surface area contributed by atoms with Crippen molar-refractivity contribution in [2.45, 2.75) is 19.8 Å². The number of aromatic nitrogens is 1. The monoisotopic (exact) mass is 393 g/mol. The maximum atomic E-state index is 11.8. The Kier molecular flexibility index (Phi) is 8.92. The molecule has 0 unspecified atom stereocenters. The summed E-state index contributed by atoms with van der Waals surface area (Å²) in [4.78, 5) is 21.2. The van der Waals surface area contributed by atoms with E-state index in [-0.39, 0.29) is 5.91 Å². The summed E-state index contributed by atoms with van der Waals surface area (Å²) in [7, 11) is 0. The molecule has 0 saturated carbocycles. The molecule has 2 rings (SSSR count). The smallest absolute Gasteiger partial charge is 0.261 e. The van der Waals surface area contributed by atoms with Crippen molar-refractivity contribution in [2.75, 3.05) is 26.2 Å². The van der Waals surface area contributed by atoms with Crippen molar-refractivity contribution in [3.05, 3.63) is 51.4 Å². The molecule has 1 amide bonds. The average Bonchev–Trinajstić information content (AvgIpc) is 3.17.